The van der Waals surface area contributed by atoms with Gasteiger partial charge in [-0.3, -0.25) is 0 Å². The third-order valence-electron chi connectivity index (χ3n) is 2.60. The van der Waals surface area contributed by atoms with Gasteiger partial charge in [-0.05, 0) is 17.2 Å². The van der Waals surface area contributed by atoms with Gasteiger partial charge in [-0.1, -0.05) is 48.2 Å². The summed E-state index contributed by atoms with van der Waals surface area (Å²) in [7, 11) is 2.42. The molecule has 9 heteroatoms. The molecule has 0 bridgehead atoms. The van der Waals surface area contributed by atoms with Crippen LogP contribution < -0.4 is 14.9 Å². The molecule has 0 radical (unpaired) electrons. The predicted octanol–water partition coefficient (Wildman–Crippen LogP) is 0.278. The molecule has 25 heavy (non-hydrogen) atoms. The minimum absolute atomic E-state index is 0. The minimum Gasteiger partial charge on any atom is -2.00 e. The van der Waals surface area contributed by atoms with E-state index < -0.39 is 5.90 Å². The van der Waals surface area contributed by atoms with Crippen molar-refractivity contribution in [1.29, 1.82) is 0 Å². The second-order valence-electron chi connectivity index (χ2n) is 3.89. The van der Waals surface area contributed by atoms with Crippen molar-refractivity contribution in [2.24, 2.45) is 10.2 Å². The summed E-state index contributed by atoms with van der Waals surface area (Å²) in [6.45, 7) is 0. The molecule has 0 saturated heterocycles. The summed E-state index contributed by atoms with van der Waals surface area (Å²) in [5.41, 5.74) is 0.756. The molecule has 0 heterocycles. The van der Waals surface area contributed by atoms with Crippen molar-refractivity contribution in [2.75, 3.05) is 14.2 Å². The molecule has 0 spiro atoms. The van der Waals surface area contributed by atoms with Crippen LogP contribution in [-0.2, 0) is 32.0 Å². The molecule has 0 unspecified atom stereocenters. The van der Waals surface area contributed by atoms with E-state index in [-0.39, 0.29) is 43.5 Å². The molecule has 8 nitrogen and oxygen atoms in total. The molecule has 0 aliphatic rings. The summed E-state index contributed by atoms with van der Waals surface area (Å²) in [5, 5.41) is 37.6. The summed E-state index contributed by atoms with van der Waals surface area (Å²) in [4.78, 5) is 0. The fourth-order valence-electron chi connectivity index (χ4n) is 1.58. The van der Waals surface area contributed by atoms with E-state index in [1.54, 1.807) is 48.5 Å². The van der Waals surface area contributed by atoms with Crippen LogP contribution in [0.5, 0.6) is 11.5 Å². The van der Waals surface area contributed by atoms with Crippen LogP contribution in [0.3, 0.4) is 0 Å². The van der Waals surface area contributed by atoms with E-state index in [2.05, 4.69) is 10.2 Å². The quantitative estimate of drug-likeness (QED) is 0.321. The number of para-hydroxylation sites is 1. The fraction of sp³-hybridized carbons (Fsp3) is 0.125. The van der Waals surface area contributed by atoms with Gasteiger partial charge in [0.2, 0.25) is 0 Å². The van der Waals surface area contributed by atoms with E-state index in [9.17, 15) is 10.2 Å². The summed E-state index contributed by atoms with van der Waals surface area (Å²) < 4.78 is 4.91. The van der Waals surface area contributed by atoms with Crippen molar-refractivity contribution in [1.82, 2.24) is 0 Å². The molecule has 2 aromatic rings. The standard InChI is InChI=1S/C15H14N2O3.CH4O.Mo.2O/c1-20-13-9-5-8-12(14(13)18)10-16-17-15(19)11-6-3-2-4-7-11;1-2;;;/h2-10,18H,1H3,(H,17,19);2H,1H3;;;/q;;;2*-2/p-2/b16-10+;;;;. The first kappa shape index (κ1) is 27.6. The van der Waals surface area contributed by atoms with Gasteiger partial charge >= 0.3 is 0 Å². The molecule has 2 rings (SSSR count). The average Bonchev–Trinajstić information content (AvgIpc) is 2.59. The topological polar surface area (TPSA) is 157 Å². The van der Waals surface area contributed by atoms with Gasteiger partial charge in [0, 0.05) is 34.1 Å². The SMILES string of the molecule is CO.COc1cccc(/C=N/N=C(\[O-])c2ccccc2)c1[O-].[Mo].[O-2].[O-2]. The Labute approximate surface area is 160 Å². The van der Waals surface area contributed by atoms with Crippen LogP contribution in [0.1, 0.15) is 11.1 Å². The number of benzene rings is 2. The predicted molar refractivity (Wildman–Crippen MR) is 82.5 cm³/mol. The smallest absolute Gasteiger partial charge is 0.111 e. The molecule has 0 aliphatic carbocycles. The second kappa shape index (κ2) is 15.3. The van der Waals surface area contributed by atoms with Gasteiger partial charge in [-0.2, -0.15) is 10.2 Å². The van der Waals surface area contributed by atoms with E-state index in [1.165, 1.54) is 13.3 Å². The Morgan fingerprint density at radius 1 is 1.04 bits per heavy atom. The first-order chi connectivity index (χ1) is 10.7. The zero-order chi connectivity index (χ0) is 16.4. The molecule has 0 amide bonds. The molecule has 0 fully saturated rings. The van der Waals surface area contributed by atoms with Crippen LogP contribution in [0, 0.1) is 0 Å². The van der Waals surface area contributed by atoms with Crippen LogP contribution in [0.25, 0.3) is 0 Å². The molecule has 0 aromatic heterocycles. The van der Waals surface area contributed by atoms with Crippen molar-refractivity contribution >= 4 is 12.1 Å². The van der Waals surface area contributed by atoms with E-state index in [0.29, 0.717) is 11.1 Å². The number of hydrogen-bond acceptors (Lipinski definition) is 6. The van der Waals surface area contributed by atoms with Gasteiger partial charge < -0.3 is 31.0 Å². The van der Waals surface area contributed by atoms with Crippen LogP contribution in [0.15, 0.2) is 58.7 Å². The number of ether oxygens (including phenoxy) is 1. The van der Waals surface area contributed by atoms with E-state index in [1.807, 2.05) is 0 Å². The summed E-state index contributed by atoms with van der Waals surface area (Å²) in [5.74, 6) is -0.526. The second-order valence-corrected chi connectivity index (χ2v) is 3.89. The van der Waals surface area contributed by atoms with Crippen molar-refractivity contribution in [3.8, 4) is 11.5 Å². The van der Waals surface area contributed by atoms with Gasteiger partial charge in [-0.15, -0.1) is 0 Å². The molecule has 2 aromatic carbocycles. The molecular weight excluding hydrogens is 412 g/mol. The Morgan fingerprint density at radius 3 is 2.20 bits per heavy atom. The summed E-state index contributed by atoms with van der Waals surface area (Å²) in [6.07, 6.45) is 1.24. The number of methoxy groups -OCH3 is 1. The van der Waals surface area contributed by atoms with Crippen molar-refractivity contribution < 1.29 is 52.1 Å². The number of rotatable bonds is 4. The summed E-state index contributed by atoms with van der Waals surface area (Å²) >= 11 is 0. The third-order valence-corrected chi connectivity index (χ3v) is 2.60. The maximum Gasteiger partial charge on any atom is 0.111 e. The van der Waals surface area contributed by atoms with Gasteiger partial charge in [0.15, 0.2) is 0 Å². The van der Waals surface area contributed by atoms with E-state index >= 15 is 0 Å². The number of hydrogen-bond donors (Lipinski definition) is 1. The normalized spacial score (nSPS) is 9.64. The monoisotopic (exact) mass is 430 g/mol. The molecule has 0 saturated carbocycles. The van der Waals surface area contributed by atoms with Crippen LogP contribution in [0.4, 0.5) is 0 Å². The molecule has 0 aliphatic heterocycles. The van der Waals surface area contributed by atoms with Crippen LogP contribution >= 0.6 is 0 Å². The van der Waals surface area contributed by atoms with Gasteiger partial charge in [0.1, 0.15) is 5.75 Å². The Morgan fingerprint density at radius 2 is 1.64 bits per heavy atom. The molecule has 0 atom stereocenters. The van der Waals surface area contributed by atoms with Crippen molar-refractivity contribution in [2.45, 2.75) is 0 Å². The molecule has 138 valence electrons. The Hall–Kier alpha value is -2.25. The minimum atomic E-state index is -0.461. The Kier molecular flexibility index (Phi) is 16.9. The molecular formula is C16H16MoN2O6-6. The van der Waals surface area contributed by atoms with Gasteiger partial charge in [-0.25, -0.2) is 0 Å². The Balaban J connectivity index is -0.000000934. The average molecular weight is 428 g/mol. The van der Waals surface area contributed by atoms with Gasteiger partial charge in [0.25, 0.3) is 0 Å². The zero-order valence-electron chi connectivity index (χ0n) is 13.5. The number of aliphatic hydroxyl groups excluding tert-OH is 1. The first-order valence-corrected chi connectivity index (χ1v) is 6.34. The van der Waals surface area contributed by atoms with Crippen molar-refractivity contribution in [3.05, 3.63) is 59.7 Å². The van der Waals surface area contributed by atoms with Crippen LogP contribution in [-0.4, -0.2) is 31.4 Å². The fourth-order valence-corrected chi connectivity index (χ4v) is 1.58. The Bertz CT molecular complexity index is 650. The van der Waals surface area contributed by atoms with Gasteiger partial charge in [0.05, 0.1) is 13.3 Å². The van der Waals surface area contributed by atoms with E-state index in [0.717, 1.165) is 7.11 Å². The summed E-state index contributed by atoms with van der Waals surface area (Å²) in [6, 6.07) is 13.4. The van der Waals surface area contributed by atoms with Crippen molar-refractivity contribution in [3.63, 3.8) is 0 Å². The maximum atomic E-state index is 11.8. The molecule has 1 N–H and O–H groups in total. The maximum absolute atomic E-state index is 11.8. The largest absolute Gasteiger partial charge is 2.00 e. The van der Waals surface area contributed by atoms with Crippen LogP contribution in [0.2, 0.25) is 0 Å². The number of aliphatic hydroxyl groups is 1. The zero-order valence-corrected chi connectivity index (χ0v) is 15.5. The van der Waals surface area contributed by atoms with E-state index in [4.69, 9.17) is 9.84 Å². The third kappa shape index (κ3) is 8.41. The first-order valence-electron chi connectivity index (χ1n) is 6.34. The number of nitrogens with zero attached hydrogens (tertiary/aromatic N) is 2.